The van der Waals surface area contributed by atoms with Crippen LogP contribution < -0.4 is 0 Å². The van der Waals surface area contributed by atoms with Gasteiger partial charge in [-0.15, -0.1) is 0 Å². The Hall–Kier alpha value is -4.26. The molecule has 1 fully saturated rings. The Morgan fingerprint density at radius 3 is 2.02 bits per heavy atom. The first kappa shape index (κ1) is 31.7. The van der Waals surface area contributed by atoms with Crippen LogP contribution in [0, 0.1) is 10.8 Å². The lowest BCUT2D eigenvalue weighted by atomic mass is 9.42. The Morgan fingerprint density at radius 2 is 1.50 bits per heavy atom. The summed E-state index contributed by atoms with van der Waals surface area (Å²) in [5, 5.41) is 48.7. The number of phenols is 1. The highest BCUT2D eigenvalue weighted by molar-refractivity contribution is 6.15. The van der Waals surface area contributed by atoms with Gasteiger partial charge in [0.1, 0.15) is 11.5 Å². The van der Waals surface area contributed by atoms with E-state index in [1.54, 1.807) is 20.8 Å². The van der Waals surface area contributed by atoms with Gasteiger partial charge in [0.15, 0.2) is 17.2 Å². The zero-order chi connectivity index (χ0) is 33.3. The van der Waals surface area contributed by atoms with Gasteiger partial charge in [-0.05, 0) is 72.8 Å². The van der Waals surface area contributed by atoms with Crippen LogP contribution in [-0.4, -0.2) is 43.7 Å². The molecule has 3 aliphatic rings. The maximum absolute atomic E-state index is 14.7. The highest BCUT2D eigenvalue weighted by Gasteiger charge is 2.72. The second-order valence-corrected chi connectivity index (χ2v) is 14.0. The molecule has 0 radical (unpaired) electrons. The van der Waals surface area contributed by atoms with E-state index in [1.165, 1.54) is 6.92 Å². The van der Waals surface area contributed by atoms with Crippen LogP contribution in [0.15, 0.2) is 102 Å². The average molecular weight is 619 g/mol. The Labute approximate surface area is 270 Å². The van der Waals surface area contributed by atoms with Crippen molar-refractivity contribution in [3.63, 3.8) is 0 Å². The fourth-order valence-electron chi connectivity index (χ4n) is 8.89. The molecule has 46 heavy (non-hydrogen) atoms. The molecule has 0 spiro atoms. The van der Waals surface area contributed by atoms with Crippen LogP contribution in [0.5, 0.6) is 5.75 Å². The van der Waals surface area contributed by atoms with Gasteiger partial charge in [0, 0.05) is 16.4 Å². The van der Waals surface area contributed by atoms with Crippen molar-refractivity contribution in [2.24, 2.45) is 10.8 Å². The largest absolute Gasteiger partial charge is 0.507 e. The van der Waals surface area contributed by atoms with Gasteiger partial charge in [0.25, 0.3) is 0 Å². The normalized spacial score (nSPS) is 29.0. The third-order valence-electron chi connectivity index (χ3n) is 11.4. The summed E-state index contributed by atoms with van der Waals surface area (Å²) >= 11 is 0. The number of aliphatic hydroxyl groups excluding tert-OH is 2. The molecule has 0 saturated heterocycles. The van der Waals surface area contributed by atoms with Crippen LogP contribution in [0.4, 0.5) is 0 Å². The van der Waals surface area contributed by atoms with Crippen LogP contribution >= 0.6 is 0 Å². The first-order valence-corrected chi connectivity index (χ1v) is 15.9. The summed E-state index contributed by atoms with van der Waals surface area (Å²) in [7, 11) is 0. The second kappa shape index (κ2) is 10.9. The first-order valence-electron chi connectivity index (χ1n) is 15.9. The van der Waals surface area contributed by atoms with E-state index in [0.29, 0.717) is 29.5 Å². The minimum Gasteiger partial charge on any atom is -0.507 e. The van der Waals surface area contributed by atoms with Crippen molar-refractivity contribution < 1.29 is 30.0 Å². The maximum Gasteiger partial charge on any atom is 0.199 e. The van der Waals surface area contributed by atoms with E-state index in [4.69, 9.17) is 0 Å². The van der Waals surface area contributed by atoms with E-state index in [0.717, 1.165) is 11.1 Å². The number of carbonyl (C=O) groups excluding carboxylic acids is 2. The number of fused-ring (bicyclic) bond motifs is 3. The minimum atomic E-state index is -2.34. The zero-order valence-corrected chi connectivity index (χ0v) is 27.1. The number of hydrogen-bond donors (Lipinski definition) is 4. The smallest absolute Gasteiger partial charge is 0.199 e. The molecule has 0 unspecified atom stereocenters. The molecule has 1 saturated carbocycles. The Bertz CT molecular complexity index is 1790. The van der Waals surface area contributed by atoms with Gasteiger partial charge in [-0.1, -0.05) is 106 Å². The molecule has 0 amide bonds. The van der Waals surface area contributed by atoms with Crippen molar-refractivity contribution in [2.75, 3.05) is 0 Å². The van der Waals surface area contributed by atoms with Gasteiger partial charge in [0.05, 0.1) is 17.2 Å². The van der Waals surface area contributed by atoms with Crippen molar-refractivity contribution in [2.45, 2.75) is 77.4 Å². The molecule has 6 heteroatoms. The summed E-state index contributed by atoms with van der Waals surface area (Å²) in [6, 6.07) is 23.8. The molecule has 5 atom stereocenters. The van der Waals surface area contributed by atoms with E-state index >= 15 is 0 Å². The molecule has 4 N–H and O–H groups in total. The second-order valence-electron chi connectivity index (χ2n) is 14.0. The van der Waals surface area contributed by atoms with Gasteiger partial charge < -0.3 is 20.4 Å². The van der Waals surface area contributed by atoms with Crippen molar-refractivity contribution in [1.29, 1.82) is 0 Å². The molecular formula is C40H42O6. The molecule has 0 heterocycles. The van der Waals surface area contributed by atoms with Crippen LogP contribution in [-0.2, 0) is 22.4 Å². The van der Waals surface area contributed by atoms with Gasteiger partial charge in [-0.3, -0.25) is 9.59 Å². The van der Waals surface area contributed by atoms with Crippen LogP contribution in [0.3, 0.4) is 0 Å². The molecule has 0 bridgehead atoms. The highest BCUT2D eigenvalue weighted by atomic mass is 16.3. The maximum atomic E-state index is 14.7. The standard InChI is InChI=1S/C40H42O6/c1-22-21-38(5)37(45)39(6)23(2)29-17-18-30(28(19-26-13-9-7-10-14-26)20-27-15-11-8-12-16-27)34(42)32(29)35(43)33(39)36(44)40(38,46)24(3)31(22)25(4)41/h7-18,23,28,37,42-43,45-46H,3,19-21H2,1-2,4-6H3/t23-,37+,38+,39+,40+/m1/s1. The van der Waals surface area contributed by atoms with Crippen molar-refractivity contribution >= 4 is 17.3 Å². The van der Waals surface area contributed by atoms with Gasteiger partial charge in [-0.2, -0.15) is 0 Å². The third-order valence-corrected chi connectivity index (χ3v) is 11.4. The summed E-state index contributed by atoms with van der Waals surface area (Å²) < 4.78 is 0. The minimum absolute atomic E-state index is 0.0696. The van der Waals surface area contributed by atoms with Gasteiger partial charge in [0.2, 0.25) is 0 Å². The van der Waals surface area contributed by atoms with E-state index in [1.807, 2.05) is 79.7 Å². The fraction of sp³-hybridized carbons (Fsp3) is 0.350. The summed E-state index contributed by atoms with van der Waals surface area (Å²) in [6.45, 7) is 12.4. The summed E-state index contributed by atoms with van der Waals surface area (Å²) in [6.07, 6.45) is 0.0380. The van der Waals surface area contributed by atoms with E-state index in [-0.39, 0.29) is 46.2 Å². The Kier molecular flexibility index (Phi) is 7.53. The molecule has 6 rings (SSSR count). The molecular weight excluding hydrogens is 576 g/mol. The molecule has 238 valence electrons. The lowest BCUT2D eigenvalue weighted by molar-refractivity contribution is -0.185. The van der Waals surface area contributed by atoms with Gasteiger partial charge >= 0.3 is 0 Å². The van der Waals surface area contributed by atoms with Crippen molar-refractivity contribution in [3.8, 4) is 5.75 Å². The van der Waals surface area contributed by atoms with Crippen molar-refractivity contribution in [1.82, 2.24) is 0 Å². The third kappa shape index (κ3) is 4.23. The number of aromatic hydroxyl groups is 1. The van der Waals surface area contributed by atoms with E-state index < -0.39 is 40.0 Å². The van der Waals surface area contributed by atoms with Gasteiger partial charge in [-0.25, -0.2) is 0 Å². The highest BCUT2D eigenvalue weighted by Crippen LogP contribution is 2.67. The summed E-state index contributed by atoms with van der Waals surface area (Å²) in [5.41, 5.74) is -0.921. The molecule has 0 aliphatic heterocycles. The molecule has 3 aromatic carbocycles. The summed E-state index contributed by atoms with van der Waals surface area (Å²) in [4.78, 5) is 27.3. The quantitative estimate of drug-likeness (QED) is 0.239. The molecule has 3 aromatic rings. The van der Waals surface area contributed by atoms with Crippen LogP contribution in [0.2, 0.25) is 0 Å². The predicted octanol–water partition coefficient (Wildman–Crippen LogP) is 6.90. The number of benzene rings is 3. The molecule has 0 aromatic heterocycles. The first-order chi connectivity index (χ1) is 21.7. The van der Waals surface area contributed by atoms with E-state index in [9.17, 15) is 30.0 Å². The zero-order valence-electron chi connectivity index (χ0n) is 27.1. The Morgan fingerprint density at radius 1 is 0.957 bits per heavy atom. The van der Waals surface area contributed by atoms with E-state index in [2.05, 4.69) is 6.58 Å². The Balaban J connectivity index is 1.54. The monoisotopic (exact) mass is 618 g/mol. The topological polar surface area (TPSA) is 115 Å². The number of hydrogen-bond acceptors (Lipinski definition) is 6. The number of Topliss-reactive ketones (excluding diaryl/α,β-unsaturated/α-hetero) is 2. The predicted molar refractivity (Wildman–Crippen MR) is 178 cm³/mol. The van der Waals surface area contributed by atoms with Crippen LogP contribution in [0.1, 0.15) is 80.7 Å². The number of rotatable bonds is 6. The molecule has 6 nitrogen and oxygen atoms in total. The number of ketones is 2. The summed E-state index contributed by atoms with van der Waals surface area (Å²) in [5.74, 6) is -2.42. The van der Waals surface area contributed by atoms with Crippen LogP contribution in [0.25, 0.3) is 5.76 Å². The fourth-order valence-corrected chi connectivity index (χ4v) is 8.89. The number of aliphatic hydroxyl groups is 3. The molecule has 3 aliphatic carbocycles. The number of phenolic OH excluding ortho intramolecular Hbond substituents is 1. The lowest BCUT2D eigenvalue weighted by Crippen LogP contribution is -2.71. The SMILES string of the molecule is C=C1C(C(C)=O)=C(C)C[C@@]2(C)[C@H](O)[C@]3(C)C(=C(O)c4c(ccc(C(Cc5ccccc5)Cc5ccccc5)c4O)[C@H]3C)C(=O)[C@@]12O. The lowest BCUT2D eigenvalue weighted by Gasteiger charge is -2.62. The number of carbonyl (C=O) groups is 2. The van der Waals surface area contributed by atoms with Crippen molar-refractivity contribution in [3.05, 3.63) is 129 Å². The number of allylic oxidation sites excluding steroid dienone is 1. The average Bonchev–Trinajstić information content (AvgIpc) is 3.02.